The number of hydrogen-bond donors (Lipinski definition) is 1. The largest absolute Gasteiger partial charge is 0.482 e. The zero-order valence-corrected chi connectivity index (χ0v) is 20.6. The first-order valence-corrected chi connectivity index (χ1v) is 11.8. The third-order valence-corrected chi connectivity index (χ3v) is 7.14. The lowest BCUT2D eigenvalue weighted by Gasteiger charge is -2.25. The molecule has 1 N–H and O–H groups in total. The van der Waals surface area contributed by atoms with Crippen LogP contribution in [0.25, 0.3) is 0 Å². The number of H-pyrrole nitrogens is 1. The Labute approximate surface area is 211 Å². The number of nitro groups is 1. The quantitative estimate of drug-likeness (QED) is 0.241. The van der Waals surface area contributed by atoms with Crippen LogP contribution in [0, 0.1) is 14.9 Å². The minimum atomic E-state index is -0.487. The van der Waals surface area contributed by atoms with Gasteiger partial charge in [0.15, 0.2) is 11.6 Å². The number of ether oxygens (including phenoxy) is 1. The maximum absolute atomic E-state index is 13.1. The summed E-state index contributed by atoms with van der Waals surface area (Å²) >= 11 is 25.1. The lowest BCUT2D eigenvalue weighted by atomic mass is 10.2. The van der Waals surface area contributed by atoms with Gasteiger partial charge in [0.05, 0.1) is 20.2 Å². The molecule has 0 radical (unpaired) electrons. The monoisotopic (exact) mass is 545 g/mol. The Hall–Kier alpha value is -2.31. The van der Waals surface area contributed by atoms with Crippen molar-refractivity contribution in [3.63, 3.8) is 0 Å². The first kappa shape index (κ1) is 23.8. The number of thioether (sulfide) groups is 1. The Morgan fingerprint density at radius 2 is 1.88 bits per heavy atom. The number of carbonyl (C=O) groups excluding carboxylic acids is 1. The summed E-state index contributed by atoms with van der Waals surface area (Å²) in [4.78, 5) is 23.6. The number of aromatic amines is 1. The van der Waals surface area contributed by atoms with Crippen LogP contribution in [0.15, 0.2) is 36.4 Å². The second-order valence-corrected chi connectivity index (χ2v) is 9.97. The molecule has 2 unspecified atom stereocenters. The third kappa shape index (κ3) is 4.69. The molecule has 2 atom stereocenters. The van der Waals surface area contributed by atoms with Gasteiger partial charge in [0.2, 0.25) is 4.77 Å². The maximum Gasteiger partial charge on any atom is 0.269 e. The molecule has 0 spiro atoms. The molecule has 9 nitrogen and oxygen atoms in total. The van der Waals surface area contributed by atoms with Gasteiger partial charge in [0.25, 0.3) is 11.6 Å². The van der Waals surface area contributed by atoms with Crippen molar-refractivity contribution in [2.75, 3.05) is 5.01 Å². The van der Waals surface area contributed by atoms with Gasteiger partial charge in [-0.25, -0.2) is 9.69 Å². The van der Waals surface area contributed by atoms with Gasteiger partial charge in [-0.15, -0.1) is 11.8 Å². The molecule has 172 valence electrons. The second kappa shape index (κ2) is 9.51. The fourth-order valence-electron chi connectivity index (χ4n) is 3.24. The van der Waals surface area contributed by atoms with E-state index in [1.165, 1.54) is 45.7 Å². The number of hydrogen-bond acceptors (Lipinski definition) is 7. The molecule has 1 aliphatic heterocycles. The molecule has 0 bridgehead atoms. The first-order valence-electron chi connectivity index (χ1n) is 9.34. The fraction of sp³-hybridized carbons (Fsp3) is 0.211. The van der Waals surface area contributed by atoms with Crippen molar-refractivity contribution in [2.45, 2.75) is 24.2 Å². The molecule has 14 heteroatoms. The molecule has 2 aromatic carbocycles. The molecule has 3 aromatic rings. The fourth-order valence-corrected chi connectivity index (χ4v) is 5.64. The summed E-state index contributed by atoms with van der Waals surface area (Å²) in [6.45, 7) is 1.67. The molecule has 1 aromatic heterocycles. The van der Waals surface area contributed by atoms with E-state index < -0.39 is 10.3 Å². The van der Waals surface area contributed by atoms with Crippen molar-refractivity contribution in [2.24, 2.45) is 0 Å². The van der Waals surface area contributed by atoms with Crippen LogP contribution in [-0.2, 0) is 11.4 Å². The van der Waals surface area contributed by atoms with E-state index in [1.54, 1.807) is 19.1 Å². The highest BCUT2D eigenvalue weighted by Crippen LogP contribution is 2.42. The van der Waals surface area contributed by atoms with Crippen LogP contribution in [0.1, 0.15) is 23.7 Å². The number of halogens is 3. The summed E-state index contributed by atoms with van der Waals surface area (Å²) in [6.07, 6.45) is 0. The zero-order valence-electron chi connectivity index (χ0n) is 16.7. The second-order valence-electron chi connectivity index (χ2n) is 6.91. The summed E-state index contributed by atoms with van der Waals surface area (Å²) in [7, 11) is 0. The highest BCUT2D eigenvalue weighted by molar-refractivity contribution is 8.01. The summed E-state index contributed by atoms with van der Waals surface area (Å²) in [5, 5.41) is 19.3. The highest BCUT2D eigenvalue weighted by Gasteiger charge is 2.41. The smallest absolute Gasteiger partial charge is 0.269 e. The molecule has 1 saturated heterocycles. The number of nitro benzene ring substituents is 1. The van der Waals surface area contributed by atoms with Crippen molar-refractivity contribution in [3.8, 4) is 5.75 Å². The molecule has 0 aliphatic carbocycles. The van der Waals surface area contributed by atoms with E-state index in [9.17, 15) is 14.9 Å². The lowest BCUT2D eigenvalue weighted by molar-refractivity contribution is -0.384. The summed E-state index contributed by atoms with van der Waals surface area (Å²) in [6, 6.07) is 9.00. The Morgan fingerprint density at radius 1 is 1.24 bits per heavy atom. The minimum absolute atomic E-state index is 0.0431. The van der Waals surface area contributed by atoms with Gasteiger partial charge in [-0.1, -0.05) is 34.8 Å². The number of benzene rings is 2. The van der Waals surface area contributed by atoms with Crippen LogP contribution < -0.4 is 9.75 Å². The molecule has 2 heterocycles. The first-order chi connectivity index (χ1) is 15.7. The summed E-state index contributed by atoms with van der Waals surface area (Å²) < 4.78 is 7.41. The van der Waals surface area contributed by atoms with Crippen LogP contribution in [0.5, 0.6) is 5.75 Å². The number of nitrogens with one attached hydrogen (secondary N) is 1. The van der Waals surface area contributed by atoms with Crippen LogP contribution in [-0.4, -0.2) is 31.0 Å². The molecular weight excluding hydrogens is 533 g/mol. The van der Waals surface area contributed by atoms with Crippen molar-refractivity contribution in [1.29, 1.82) is 0 Å². The average molecular weight is 547 g/mol. The molecule has 1 aliphatic rings. The van der Waals surface area contributed by atoms with Crippen LogP contribution in [0.2, 0.25) is 15.1 Å². The molecular formula is C19H14Cl3N5O4S2. The number of amides is 1. The van der Waals surface area contributed by atoms with Gasteiger partial charge in [0.1, 0.15) is 12.0 Å². The zero-order chi connectivity index (χ0) is 23.9. The Bertz CT molecular complexity index is 1270. The maximum atomic E-state index is 13.1. The summed E-state index contributed by atoms with van der Waals surface area (Å²) in [5.41, 5.74) is 0.653. The van der Waals surface area contributed by atoms with E-state index >= 15 is 0 Å². The van der Waals surface area contributed by atoms with Crippen LogP contribution >= 0.6 is 58.8 Å². The number of rotatable bonds is 6. The summed E-state index contributed by atoms with van der Waals surface area (Å²) in [5.74, 6) is 0.312. The average Bonchev–Trinajstić information content (AvgIpc) is 3.26. The number of aromatic nitrogens is 3. The Balaban J connectivity index is 1.67. The number of carbonyl (C=O) groups is 1. The van der Waals surface area contributed by atoms with Gasteiger partial charge < -0.3 is 4.74 Å². The predicted octanol–water partition coefficient (Wildman–Crippen LogP) is 5.69. The number of non-ortho nitro benzene ring substituents is 1. The predicted molar refractivity (Wildman–Crippen MR) is 129 cm³/mol. The minimum Gasteiger partial charge on any atom is -0.482 e. The molecule has 1 amide bonds. The van der Waals surface area contributed by atoms with Crippen molar-refractivity contribution >= 4 is 70.4 Å². The lowest BCUT2D eigenvalue weighted by Crippen LogP contribution is -2.41. The SMILES string of the molecule is CC1SC(c2ccc([N+](=O)[O-])cc2)N(n2c(COc3c(Cl)cc(Cl)cc3Cl)n[nH]c2=S)C1=O. The van der Waals surface area contributed by atoms with Gasteiger partial charge in [-0.05, 0) is 49.0 Å². The Kier molecular flexibility index (Phi) is 6.87. The van der Waals surface area contributed by atoms with E-state index in [0.29, 0.717) is 16.4 Å². The van der Waals surface area contributed by atoms with E-state index in [2.05, 4.69) is 10.2 Å². The van der Waals surface area contributed by atoms with Crippen molar-refractivity contribution < 1.29 is 14.5 Å². The van der Waals surface area contributed by atoms with Crippen molar-refractivity contribution in [1.82, 2.24) is 14.9 Å². The highest BCUT2D eigenvalue weighted by atomic mass is 35.5. The van der Waals surface area contributed by atoms with E-state index in [4.69, 9.17) is 51.8 Å². The van der Waals surface area contributed by atoms with Gasteiger partial charge in [-0.2, -0.15) is 5.10 Å². The molecule has 1 fully saturated rings. The Morgan fingerprint density at radius 3 is 2.48 bits per heavy atom. The standard InChI is InChI=1S/C19H14Cl3N5O4S2/c1-9-17(28)26(18(33-9)10-2-4-12(5-3-10)27(29)30)25-15(23-24-19(25)32)8-31-16-13(21)6-11(20)7-14(16)22/h2-7,9,18H,8H2,1H3,(H,24,32). The van der Waals surface area contributed by atoms with Gasteiger partial charge in [-0.3, -0.25) is 20.0 Å². The normalized spacial score (nSPS) is 18.1. The van der Waals surface area contributed by atoms with Crippen LogP contribution in [0.4, 0.5) is 5.69 Å². The van der Waals surface area contributed by atoms with E-state index in [-0.39, 0.29) is 44.0 Å². The molecule has 4 rings (SSSR count). The molecule has 33 heavy (non-hydrogen) atoms. The van der Waals surface area contributed by atoms with Crippen LogP contribution in [0.3, 0.4) is 0 Å². The topological polar surface area (TPSA) is 106 Å². The van der Waals surface area contributed by atoms with Gasteiger partial charge >= 0.3 is 0 Å². The third-order valence-electron chi connectivity index (χ3n) is 4.76. The molecule has 0 saturated carbocycles. The van der Waals surface area contributed by atoms with Crippen molar-refractivity contribution in [3.05, 3.63) is 77.7 Å². The van der Waals surface area contributed by atoms with Gasteiger partial charge in [0, 0.05) is 17.2 Å². The van der Waals surface area contributed by atoms with E-state index in [1.807, 2.05) is 0 Å². The number of nitrogens with zero attached hydrogens (tertiary/aromatic N) is 4. The van der Waals surface area contributed by atoms with E-state index in [0.717, 1.165) is 0 Å².